The molecule has 2 fully saturated rings. The van der Waals surface area contributed by atoms with Crippen molar-refractivity contribution < 1.29 is 18.7 Å². The zero-order valence-electron chi connectivity index (χ0n) is 16.0. The third-order valence-electron chi connectivity index (χ3n) is 5.66. The van der Waals surface area contributed by atoms with Crippen LogP contribution >= 0.6 is 0 Å². The van der Waals surface area contributed by atoms with Gasteiger partial charge >= 0.3 is 0 Å². The fourth-order valence-corrected chi connectivity index (χ4v) is 4.02. The van der Waals surface area contributed by atoms with Gasteiger partial charge in [-0.25, -0.2) is 0 Å². The van der Waals surface area contributed by atoms with Crippen LogP contribution in [0.4, 0.5) is 0 Å². The summed E-state index contributed by atoms with van der Waals surface area (Å²) in [5.41, 5.74) is 0.735. The van der Waals surface area contributed by atoms with Crippen molar-refractivity contribution in [2.45, 2.75) is 32.3 Å². The van der Waals surface area contributed by atoms with Gasteiger partial charge in [-0.3, -0.25) is 9.59 Å². The second-order valence-corrected chi connectivity index (χ2v) is 7.48. The number of amides is 2. The Morgan fingerprint density at radius 2 is 1.64 bits per heavy atom. The Morgan fingerprint density at radius 3 is 2.36 bits per heavy atom. The fraction of sp³-hybridized carbons (Fsp3) is 0.455. The molecule has 6 nitrogen and oxygen atoms in total. The van der Waals surface area contributed by atoms with Crippen molar-refractivity contribution in [2.75, 3.05) is 26.2 Å². The molecule has 0 unspecified atom stereocenters. The summed E-state index contributed by atoms with van der Waals surface area (Å²) in [5, 5.41) is 0. The predicted octanol–water partition coefficient (Wildman–Crippen LogP) is 3.33. The summed E-state index contributed by atoms with van der Waals surface area (Å²) in [6.45, 7) is 2.55. The Balaban J connectivity index is 1.33. The molecule has 2 heterocycles. The van der Waals surface area contributed by atoms with Crippen molar-refractivity contribution >= 4 is 11.8 Å². The maximum Gasteiger partial charge on any atom is 0.290 e. The zero-order chi connectivity index (χ0) is 19.3. The molecule has 0 bridgehead atoms. The Morgan fingerprint density at radius 1 is 0.964 bits per heavy atom. The molecule has 2 aliphatic rings. The number of carbonyl (C=O) groups is 2. The quantitative estimate of drug-likeness (QED) is 0.796. The predicted molar refractivity (Wildman–Crippen MR) is 104 cm³/mol. The van der Waals surface area contributed by atoms with Gasteiger partial charge in [0.15, 0.2) is 5.76 Å². The second kappa shape index (κ2) is 8.50. The van der Waals surface area contributed by atoms with E-state index in [1.807, 2.05) is 35.2 Å². The first-order valence-corrected chi connectivity index (χ1v) is 10.0. The monoisotopic (exact) mass is 382 g/mol. The van der Waals surface area contributed by atoms with Gasteiger partial charge in [-0.1, -0.05) is 31.0 Å². The van der Waals surface area contributed by atoms with Crippen molar-refractivity contribution in [3.8, 4) is 5.75 Å². The van der Waals surface area contributed by atoms with Crippen LogP contribution in [0.15, 0.2) is 47.1 Å². The van der Waals surface area contributed by atoms with Crippen LogP contribution in [0.1, 0.15) is 41.8 Å². The van der Waals surface area contributed by atoms with E-state index in [1.54, 1.807) is 11.0 Å². The molecule has 1 aromatic heterocycles. The van der Waals surface area contributed by atoms with Gasteiger partial charge in [0.1, 0.15) is 12.4 Å². The van der Waals surface area contributed by atoms with E-state index in [0.29, 0.717) is 31.9 Å². The molecule has 1 saturated carbocycles. The minimum atomic E-state index is -0.135. The number of benzene rings is 1. The van der Waals surface area contributed by atoms with Gasteiger partial charge in [0.25, 0.3) is 5.91 Å². The van der Waals surface area contributed by atoms with Crippen LogP contribution in [0.3, 0.4) is 0 Å². The number of furan rings is 1. The van der Waals surface area contributed by atoms with Crippen LogP contribution in [-0.2, 0) is 11.4 Å². The molecule has 1 aliphatic heterocycles. The van der Waals surface area contributed by atoms with Gasteiger partial charge in [0, 0.05) is 37.7 Å². The Labute approximate surface area is 165 Å². The number of hydrogen-bond donors (Lipinski definition) is 0. The summed E-state index contributed by atoms with van der Waals surface area (Å²) in [5.74, 6) is 1.39. The number of ether oxygens (including phenoxy) is 1. The topological polar surface area (TPSA) is 63.0 Å². The molecule has 28 heavy (non-hydrogen) atoms. The molecule has 1 aromatic carbocycles. The summed E-state index contributed by atoms with van der Waals surface area (Å²) in [7, 11) is 0. The lowest BCUT2D eigenvalue weighted by atomic mass is 10.1. The fourth-order valence-electron chi connectivity index (χ4n) is 4.02. The van der Waals surface area contributed by atoms with Crippen LogP contribution in [0, 0.1) is 5.92 Å². The van der Waals surface area contributed by atoms with Gasteiger partial charge in [-0.15, -0.1) is 0 Å². The maximum atomic E-state index is 12.9. The normalized spacial score (nSPS) is 17.7. The first kappa shape index (κ1) is 18.6. The lowest BCUT2D eigenvalue weighted by Gasteiger charge is -2.35. The van der Waals surface area contributed by atoms with Crippen LogP contribution < -0.4 is 4.74 Å². The molecular weight excluding hydrogens is 356 g/mol. The summed E-state index contributed by atoms with van der Waals surface area (Å²) in [6.07, 6.45) is 5.85. The molecule has 0 radical (unpaired) electrons. The Hall–Kier alpha value is -2.76. The molecule has 0 spiro atoms. The summed E-state index contributed by atoms with van der Waals surface area (Å²) in [4.78, 5) is 29.2. The number of rotatable bonds is 5. The van der Waals surface area contributed by atoms with E-state index >= 15 is 0 Å². The molecule has 148 valence electrons. The highest BCUT2D eigenvalue weighted by Gasteiger charge is 2.31. The highest BCUT2D eigenvalue weighted by molar-refractivity contribution is 5.93. The summed E-state index contributed by atoms with van der Waals surface area (Å²) in [6, 6.07) is 11.3. The highest BCUT2D eigenvalue weighted by atomic mass is 16.5. The molecule has 1 saturated heterocycles. The van der Waals surface area contributed by atoms with Crippen molar-refractivity contribution in [3.05, 3.63) is 54.0 Å². The van der Waals surface area contributed by atoms with E-state index in [0.717, 1.165) is 37.0 Å². The van der Waals surface area contributed by atoms with E-state index in [9.17, 15) is 9.59 Å². The Bertz CT molecular complexity index is 803. The molecule has 0 N–H and O–H groups in total. The molecular formula is C22H26N2O4. The van der Waals surface area contributed by atoms with Crippen molar-refractivity contribution in [3.63, 3.8) is 0 Å². The van der Waals surface area contributed by atoms with Crippen molar-refractivity contribution in [1.82, 2.24) is 9.80 Å². The van der Waals surface area contributed by atoms with Crippen molar-refractivity contribution in [2.24, 2.45) is 5.92 Å². The van der Waals surface area contributed by atoms with Gasteiger partial charge in [-0.2, -0.15) is 0 Å². The number of piperazine rings is 1. The van der Waals surface area contributed by atoms with Crippen LogP contribution in [0.2, 0.25) is 0 Å². The van der Waals surface area contributed by atoms with Gasteiger partial charge in [0.05, 0.1) is 6.26 Å². The van der Waals surface area contributed by atoms with Crippen LogP contribution in [0.5, 0.6) is 5.75 Å². The zero-order valence-corrected chi connectivity index (χ0v) is 16.0. The molecule has 2 aromatic rings. The van der Waals surface area contributed by atoms with Crippen molar-refractivity contribution in [1.29, 1.82) is 0 Å². The minimum Gasteiger partial charge on any atom is -0.489 e. The number of nitrogens with zero attached hydrogens (tertiary/aromatic N) is 2. The minimum absolute atomic E-state index is 0.135. The third-order valence-corrected chi connectivity index (χ3v) is 5.66. The first-order valence-electron chi connectivity index (χ1n) is 10.0. The van der Waals surface area contributed by atoms with E-state index in [1.165, 1.54) is 6.26 Å². The highest BCUT2D eigenvalue weighted by Crippen LogP contribution is 2.27. The molecule has 0 atom stereocenters. The van der Waals surface area contributed by atoms with E-state index < -0.39 is 0 Å². The van der Waals surface area contributed by atoms with Gasteiger partial charge in [-0.05, 0) is 31.0 Å². The molecule has 4 rings (SSSR count). The van der Waals surface area contributed by atoms with Crippen LogP contribution in [-0.4, -0.2) is 47.8 Å². The SMILES string of the molecule is O=C(c1occc1COc1ccccc1)N1CCN(C(=O)C2CCCC2)CC1. The average molecular weight is 382 g/mol. The number of carbonyl (C=O) groups excluding carboxylic acids is 2. The molecule has 2 amide bonds. The molecule has 6 heteroatoms. The third kappa shape index (κ3) is 4.06. The molecule has 1 aliphatic carbocycles. The van der Waals surface area contributed by atoms with Gasteiger partial charge in [0.2, 0.25) is 5.91 Å². The lowest BCUT2D eigenvalue weighted by Crippen LogP contribution is -2.51. The maximum absolute atomic E-state index is 12.9. The Kier molecular flexibility index (Phi) is 5.65. The number of para-hydroxylation sites is 1. The standard InChI is InChI=1S/C22H26N2O4/c25-21(17-6-4-5-7-17)23-11-13-24(14-12-23)22(26)20-18(10-15-27-20)16-28-19-8-2-1-3-9-19/h1-3,8-10,15,17H,4-7,11-14,16H2. The number of hydrogen-bond acceptors (Lipinski definition) is 4. The van der Waals surface area contributed by atoms with Gasteiger partial charge < -0.3 is 19.0 Å². The van der Waals surface area contributed by atoms with Crippen LogP contribution in [0.25, 0.3) is 0 Å². The average Bonchev–Trinajstić information content (AvgIpc) is 3.44. The first-order chi connectivity index (χ1) is 13.7. The van der Waals surface area contributed by atoms with E-state index in [2.05, 4.69) is 0 Å². The van der Waals surface area contributed by atoms with E-state index in [-0.39, 0.29) is 24.3 Å². The second-order valence-electron chi connectivity index (χ2n) is 7.48. The largest absolute Gasteiger partial charge is 0.489 e. The summed E-state index contributed by atoms with van der Waals surface area (Å²) < 4.78 is 11.2. The lowest BCUT2D eigenvalue weighted by molar-refractivity contribution is -0.136. The summed E-state index contributed by atoms with van der Waals surface area (Å²) >= 11 is 0. The van der Waals surface area contributed by atoms with E-state index in [4.69, 9.17) is 9.15 Å². The smallest absolute Gasteiger partial charge is 0.290 e.